The maximum atomic E-state index is 9.43. The molecule has 32 heavy (non-hydrogen) atoms. The van der Waals surface area contributed by atoms with E-state index in [1.54, 1.807) is 0 Å². The molecule has 0 fully saturated rings. The highest BCUT2D eigenvalue weighted by atomic mass is 16.2. The van der Waals surface area contributed by atoms with Crippen molar-refractivity contribution < 1.29 is 5.11 Å². The van der Waals surface area contributed by atoms with Crippen molar-refractivity contribution in [1.82, 2.24) is 0 Å². The minimum absolute atomic E-state index is 0.0431. The zero-order valence-corrected chi connectivity index (χ0v) is 20.0. The lowest BCUT2D eigenvalue weighted by atomic mass is 9.57. The van der Waals surface area contributed by atoms with E-state index in [1.165, 1.54) is 44.6 Å². The van der Waals surface area contributed by atoms with Gasteiger partial charge in [-0.1, -0.05) is 102 Å². The summed E-state index contributed by atoms with van der Waals surface area (Å²) < 4.78 is 0. The Balaban J connectivity index is 1.88. The van der Waals surface area contributed by atoms with Crippen molar-refractivity contribution >= 4 is 11.1 Å². The Kier molecular flexibility index (Phi) is 4.66. The van der Waals surface area contributed by atoms with Gasteiger partial charge in [-0.3, -0.25) is 0 Å². The molecule has 0 heterocycles. The SMILES string of the molecule is CC(C)(C)C1=CC2=CC(C#CCO)=C3C=C(C(C)(C)C)C=C4c5ccccc5C(=C1)[C@H]2[C@H]43. The Morgan fingerprint density at radius 1 is 0.750 bits per heavy atom. The quantitative estimate of drug-likeness (QED) is 0.452. The van der Waals surface area contributed by atoms with E-state index in [0.29, 0.717) is 5.92 Å². The Bertz CT molecular complexity index is 1260. The normalized spacial score (nSPS) is 23.5. The molecule has 0 aromatic heterocycles. The van der Waals surface area contributed by atoms with Crippen molar-refractivity contribution in [1.29, 1.82) is 0 Å². The van der Waals surface area contributed by atoms with Crippen LogP contribution >= 0.6 is 0 Å². The molecule has 162 valence electrons. The number of hydrogen-bond donors (Lipinski definition) is 1. The van der Waals surface area contributed by atoms with Crippen molar-refractivity contribution in [3.8, 4) is 11.8 Å². The van der Waals surface area contributed by atoms with Gasteiger partial charge in [0.05, 0.1) is 0 Å². The lowest BCUT2D eigenvalue weighted by Crippen LogP contribution is -2.33. The largest absolute Gasteiger partial charge is 0.384 e. The summed E-state index contributed by atoms with van der Waals surface area (Å²) in [6.07, 6.45) is 11.9. The van der Waals surface area contributed by atoms with E-state index in [1.807, 2.05) is 0 Å². The van der Waals surface area contributed by atoms with Crippen LogP contribution in [0, 0.1) is 34.5 Å². The molecule has 0 bridgehead atoms. The van der Waals surface area contributed by atoms with E-state index >= 15 is 0 Å². The molecule has 1 N–H and O–H groups in total. The van der Waals surface area contributed by atoms with Gasteiger partial charge < -0.3 is 5.11 Å². The van der Waals surface area contributed by atoms with E-state index in [4.69, 9.17) is 0 Å². The van der Waals surface area contributed by atoms with Crippen molar-refractivity contribution in [2.45, 2.75) is 41.5 Å². The van der Waals surface area contributed by atoms with Gasteiger partial charge in [-0.25, -0.2) is 0 Å². The molecule has 0 amide bonds. The number of aliphatic hydroxyl groups excluding tert-OH is 1. The third kappa shape index (κ3) is 3.21. The van der Waals surface area contributed by atoms with E-state index in [-0.39, 0.29) is 23.4 Å². The van der Waals surface area contributed by atoms with E-state index < -0.39 is 0 Å². The lowest BCUT2D eigenvalue weighted by Gasteiger charge is -2.46. The van der Waals surface area contributed by atoms with Gasteiger partial charge in [0.2, 0.25) is 0 Å². The van der Waals surface area contributed by atoms with Gasteiger partial charge in [0, 0.05) is 17.4 Å². The summed E-state index contributed by atoms with van der Waals surface area (Å²) in [5, 5.41) is 9.43. The third-order valence-corrected chi connectivity index (χ3v) is 7.16. The average molecular weight is 421 g/mol. The number of fused-ring (bicyclic) bond motifs is 3. The van der Waals surface area contributed by atoms with Crippen LogP contribution in [0.4, 0.5) is 0 Å². The molecule has 0 saturated heterocycles. The molecular weight excluding hydrogens is 388 g/mol. The summed E-state index contributed by atoms with van der Waals surface area (Å²) in [7, 11) is 0. The first kappa shape index (κ1) is 21.0. The number of benzene rings is 1. The maximum Gasteiger partial charge on any atom is 0.104 e. The van der Waals surface area contributed by atoms with Crippen molar-refractivity contribution in [2.24, 2.45) is 22.7 Å². The van der Waals surface area contributed by atoms with Crippen molar-refractivity contribution in [3.63, 3.8) is 0 Å². The number of hydrogen-bond acceptors (Lipinski definition) is 1. The summed E-state index contributed by atoms with van der Waals surface area (Å²) in [6, 6.07) is 8.91. The molecule has 4 aliphatic rings. The summed E-state index contributed by atoms with van der Waals surface area (Å²) >= 11 is 0. The van der Waals surface area contributed by atoms with Crippen LogP contribution in [0.5, 0.6) is 0 Å². The molecular formula is C31H32O. The smallest absolute Gasteiger partial charge is 0.104 e. The lowest BCUT2D eigenvalue weighted by molar-refractivity contribution is 0.350. The Morgan fingerprint density at radius 2 is 1.31 bits per heavy atom. The first-order valence-electron chi connectivity index (χ1n) is 11.6. The molecule has 0 saturated carbocycles. The van der Waals surface area contributed by atoms with E-state index in [2.05, 4.69) is 108 Å². The first-order valence-corrected chi connectivity index (χ1v) is 11.6. The summed E-state index contributed by atoms with van der Waals surface area (Å²) in [5.74, 6) is 6.80. The van der Waals surface area contributed by atoms with Crippen LogP contribution in [0.25, 0.3) is 11.1 Å². The highest BCUT2D eigenvalue weighted by Gasteiger charge is 2.45. The van der Waals surface area contributed by atoms with Crippen molar-refractivity contribution in [3.05, 3.63) is 93.6 Å². The predicted molar refractivity (Wildman–Crippen MR) is 134 cm³/mol. The van der Waals surface area contributed by atoms with Gasteiger partial charge in [-0.15, -0.1) is 0 Å². The number of allylic oxidation sites excluding steroid dienone is 12. The monoisotopic (exact) mass is 420 g/mol. The van der Waals surface area contributed by atoms with E-state index in [9.17, 15) is 5.11 Å². The van der Waals surface area contributed by atoms with Gasteiger partial charge in [-0.05, 0) is 61.5 Å². The van der Waals surface area contributed by atoms with E-state index in [0.717, 1.165) is 5.57 Å². The molecule has 1 heteroatoms. The van der Waals surface area contributed by atoms with Crippen LogP contribution in [0.3, 0.4) is 0 Å². The van der Waals surface area contributed by atoms with Crippen LogP contribution in [0.15, 0.2) is 82.5 Å². The number of rotatable bonds is 0. The standard InChI is InChI=1S/C31H32O/c1-30(2,3)21-15-20-14-19(10-9-13-32)25-16-22(31(4,5)6)18-27-24-12-8-7-11-23(24)26(17-21)28(20)29(25)27/h7-8,11-12,14-18,28-29,32H,13H2,1-6H3/t28-,29-/m0/s1. The second-order valence-corrected chi connectivity index (χ2v) is 11.4. The molecule has 0 radical (unpaired) electrons. The fraction of sp³-hybridized carbons (Fsp3) is 0.355. The molecule has 4 aliphatic carbocycles. The zero-order chi connectivity index (χ0) is 22.8. The maximum absolute atomic E-state index is 9.43. The molecule has 1 nitrogen and oxygen atoms in total. The fourth-order valence-corrected chi connectivity index (χ4v) is 5.42. The van der Waals surface area contributed by atoms with Crippen molar-refractivity contribution in [2.75, 3.05) is 6.61 Å². The molecule has 0 aliphatic heterocycles. The minimum Gasteiger partial charge on any atom is -0.384 e. The molecule has 5 rings (SSSR count). The van der Waals surface area contributed by atoms with Crippen LogP contribution in [0.2, 0.25) is 0 Å². The summed E-state index contributed by atoms with van der Waals surface area (Å²) in [4.78, 5) is 0. The van der Waals surface area contributed by atoms with Crippen LogP contribution in [-0.4, -0.2) is 11.7 Å². The number of aliphatic hydroxyl groups is 1. The van der Waals surface area contributed by atoms with Crippen LogP contribution < -0.4 is 0 Å². The summed E-state index contributed by atoms with van der Waals surface area (Å²) in [6.45, 7) is 13.6. The molecule has 1 aromatic carbocycles. The molecule has 0 unspecified atom stereocenters. The highest BCUT2D eigenvalue weighted by Crippen LogP contribution is 2.59. The van der Waals surface area contributed by atoms with Gasteiger partial charge in [0.15, 0.2) is 0 Å². The molecule has 1 aromatic rings. The van der Waals surface area contributed by atoms with Crippen LogP contribution in [0.1, 0.15) is 52.7 Å². The topological polar surface area (TPSA) is 20.2 Å². The Hall–Kier alpha value is -2.82. The van der Waals surface area contributed by atoms with Gasteiger partial charge in [0.1, 0.15) is 6.61 Å². The average Bonchev–Trinajstić information content (AvgIpc) is 2.74. The highest BCUT2D eigenvalue weighted by molar-refractivity contribution is 5.95. The fourth-order valence-electron chi connectivity index (χ4n) is 5.42. The molecule has 2 atom stereocenters. The van der Waals surface area contributed by atoms with Gasteiger partial charge in [0.25, 0.3) is 0 Å². The Labute approximate surface area is 192 Å². The summed E-state index contributed by atoms with van der Waals surface area (Å²) in [5.41, 5.74) is 12.0. The second kappa shape index (κ2) is 7.09. The van der Waals surface area contributed by atoms with Gasteiger partial charge in [-0.2, -0.15) is 0 Å². The predicted octanol–water partition coefficient (Wildman–Crippen LogP) is 6.90. The second-order valence-electron chi connectivity index (χ2n) is 11.4. The Morgan fingerprint density at radius 3 is 1.88 bits per heavy atom. The minimum atomic E-state index is -0.121. The third-order valence-electron chi connectivity index (χ3n) is 7.16. The van der Waals surface area contributed by atoms with Gasteiger partial charge >= 0.3 is 0 Å². The zero-order valence-electron chi connectivity index (χ0n) is 20.0. The first-order chi connectivity index (χ1) is 15.1. The molecule has 0 spiro atoms. The van der Waals surface area contributed by atoms with Crippen LogP contribution in [-0.2, 0) is 0 Å².